The van der Waals surface area contributed by atoms with Crippen molar-refractivity contribution in [1.82, 2.24) is 4.57 Å². The zero-order chi connectivity index (χ0) is 22.8. The average molecular weight is 496 g/mol. The lowest BCUT2D eigenvalue weighted by atomic mass is 9.98. The second-order valence-corrected chi connectivity index (χ2v) is 9.04. The molecule has 3 nitrogen and oxygen atoms in total. The van der Waals surface area contributed by atoms with E-state index in [2.05, 4.69) is 93.4 Å². The summed E-state index contributed by atoms with van der Waals surface area (Å²) < 4.78 is 3.39. The summed E-state index contributed by atoms with van der Waals surface area (Å²) in [4.78, 5) is 11.2. The first-order valence-electron chi connectivity index (χ1n) is 10.8. The highest BCUT2D eigenvalue weighted by Gasteiger charge is 2.20. The Kier molecular flexibility index (Phi) is 5.84. The van der Waals surface area contributed by atoms with Crippen LogP contribution in [0.4, 0.5) is 0 Å². The number of hydrogen-bond donors (Lipinski definition) is 1. The van der Waals surface area contributed by atoms with Crippen LogP contribution in [0.2, 0.25) is 0 Å². The summed E-state index contributed by atoms with van der Waals surface area (Å²) in [6, 6.07) is 34.7. The van der Waals surface area contributed by atoms with Crippen LogP contribution in [0.3, 0.4) is 0 Å². The summed E-state index contributed by atoms with van der Waals surface area (Å²) in [7, 11) is 0. The van der Waals surface area contributed by atoms with Crippen molar-refractivity contribution in [3.63, 3.8) is 0 Å². The molecule has 5 rings (SSSR count). The first-order valence-corrected chi connectivity index (χ1v) is 11.6. The highest BCUT2D eigenvalue weighted by molar-refractivity contribution is 9.10. The van der Waals surface area contributed by atoms with Gasteiger partial charge in [-0.3, -0.25) is 0 Å². The minimum absolute atomic E-state index is 0.0409. The largest absolute Gasteiger partial charge is 0.478 e. The lowest BCUT2D eigenvalue weighted by molar-refractivity contribution is 0.0697. The molecule has 0 aliphatic rings. The third-order valence-corrected chi connectivity index (χ3v) is 6.48. The molecule has 162 valence electrons. The zero-order valence-corrected chi connectivity index (χ0v) is 19.4. The van der Waals surface area contributed by atoms with Crippen LogP contribution in [0.15, 0.2) is 114 Å². The summed E-state index contributed by atoms with van der Waals surface area (Å²) in [6.45, 7) is 0. The number of rotatable bonds is 6. The summed E-state index contributed by atoms with van der Waals surface area (Å²) in [5.74, 6) is -0.907. The van der Waals surface area contributed by atoms with Crippen molar-refractivity contribution >= 4 is 32.8 Å². The highest BCUT2D eigenvalue weighted by atomic mass is 79.9. The van der Waals surface area contributed by atoms with Crippen LogP contribution in [0.25, 0.3) is 10.9 Å². The standard InChI is InChI=1S/C29H22BrNO2/c30-25-15-16-27-26(18-25)24(17-20-11-13-23(14-12-20)29(32)33)19-31(27)28(21-7-3-1-4-8-21)22-9-5-2-6-10-22/h1-16,18-19,28H,17H2,(H,32,33). The van der Waals surface area contributed by atoms with Gasteiger partial charge in [-0.25, -0.2) is 4.79 Å². The lowest BCUT2D eigenvalue weighted by Crippen LogP contribution is -2.11. The van der Waals surface area contributed by atoms with E-state index in [1.807, 2.05) is 24.3 Å². The van der Waals surface area contributed by atoms with Crippen molar-refractivity contribution < 1.29 is 9.90 Å². The fourth-order valence-corrected chi connectivity index (χ4v) is 4.78. The number of carboxylic acids is 1. The van der Waals surface area contributed by atoms with E-state index >= 15 is 0 Å². The van der Waals surface area contributed by atoms with Gasteiger partial charge in [0.1, 0.15) is 0 Å². The van der Waals surface area contributed by atoms with Gasteiger partial charge in [-0.2, -0.15) is 0 Å². The van der Waals surface area contributed by atoms with Gasteiger partial charge in [0, 0.05) is 21.6 Å². The van der Waals surface area contributed by atoms with Crippen LogP contribution >= 0.6 is 15.9 Å². The molecule has 0 bridgehead atoms. The number of halogens is 1. The fourth-order valence-electron chi connectivity index (χ4n) is 4.42. The van der Waals surface area contributed by atoms with Gasteiger partial charge < -0.3 is 9.67 Å². The molecule has 33 heavy (non-hydrogen) atoms. The van der Waals surface area contributed by atoms with Crippen molar-refractivity contribution in [3.8, 4) is 0 Å². The van der Waals surface area contributed by atoms with Gasteiger partial charge in [-0.15, -0.1) is 0 Å². The van der Waals surface area contributed by atoms with Gasteiger partial charge in [0.25, 0.3) is 0 Å². The number of carboxylic acid groups (broad SMARTS) is 1. The van der Waals surface area contributed by atoms with Crippen LogP contribution in [-0.4, -0.2) is 15.6 Å². The third kappa shape index (κ3) is 4.35. The molecule has 0 saturated heterocycles. The van der Waals surface area contributed by atoms with E-state index < -0.39 is 5.97 Å². The van der Waals surface area contributed by atoms with E-state index in [0.29, 0.717) is 5.56 Å². The van der Waals surface area contributed by atoms with E-state index in [1.54, 1.807) is 12.1 Å². The van der Waals surface area contributed by atoms with Gasteiger partial charge in [0.15, 0.2) is 0 Å². The Bertz CT molecular complexity index is 1370. The molecular weight excluding hydrogens is 474 g/mol. The molecule has 0 unspecified atom stereocenters. The Balaban J connectivity index is 1.65. The summed E-state index contributed by atoms with van der Waals surface area (Å²) >= 11 is 3.64. The molecule has 0 fully saturated rings. The van der Waals surface area contributed by atoms with Crippen LogP contribution < -0.4 is 0 Å². The molecule has 0 aliphatic carbocycles. The molecule has 1 aromatic heterocycles. The second-order valence-electron chi connectivity index (χ2n) is 8.13. The molecule has 0 spiro atoms. The first-order chi connectivity index (χ1) is 16.1. The molecule has 1 heterocycles. The maximum Gasteiger partial charge on any atom is 0.335 e. The summed E-state index contributed by atoms with van der Waals surface area (Å²) in [5, 5.41) is 10.4. The Labute approximate surface area is 201 Å². The van der Waals surface area contributed by atoms with E-state index in [1.165, 1.54) is 22.1 Å². The number of benzene rings is 4. The first kappa shape index (κ1) is 21.2. The van der Waals surface area contributed by atoms with Crippen molar-refractivity contribution in [2.75, 3.05) is 0 Å². The Morgan fingerprint density at radius 1 is 0.818 bits per heavy atom. The highest BCUT2D eigenvalue weighted by Crippen LogP contribution is 2.35. The summed E-state index contributed by atoms with van der Waals surface area (Å²) in [5.41, 5.74) is 6.19. The molecule has 0 aliphatic heterocycles. The van der Waals surface area contributed by atoms with E-state index in [9.17, 15) is 9.90 Å². The maximum atomic E-state index is 11.2. The second kappa shape index (κ2) is 9.08. The van der Waals surface area contributed by atoms with E-state index in [0.717, 1.165) is 22.0 Å². The Morgan fingerprint density at radius 2 is 1.42 bits per heavy atom. The third-order valence-electron chi connectivity index (χ3n) is 5.98. The topological polar surface area (TPSA) is 42.2 Å². The van der Waals surface area contributed by atoms with Crippen molar-refractivity contribution in [2.45, 2.75) is 12.5 Å². The van der Waals surface area contributed by atoms with Gasteiger partial charge in [-0.1, -0.05) is 88.7 Å². The maximum absolute atomic E-state index is 11.2. The minimum Gasteiger partial charge on any atom is -0.478 e. The SMILES string of the molecule is O=C(O)c1ccc(Cc2cn(C(c3ccccc3)c3ccccc3)c3ccc(Br)cc23)cc1. The van der Waals surface area contributed by atoms with Crippen LogP contribution in [0.1, 0.15) is 38.7 Å². The number of carbonyl (C=O) groups is 1. The van der Waals surface area contributed by atoms with Crippen LogP contribution in [0, 0.1) is 0 Å². The Hall–Kier alpha value is -3.63. The van der Waals surface area contributed by atoms with Crippen molar-refractivity contribution in [1.29, 1.82) is 0 Å². The quantitative estimate of drug-likeness (QED) is 0.268. The van der Waals surface area contributed by atoms with Gasteiger partial charge >= 0.3 is 5.97 Å². The van der Waals surface area contributed by atoms with Gasteiger partial charge in [0.05, 0.1) is 11.6 Å². The Morgan fingerprint density at radius 3 is 2.00 bits per heavy atom. The smallest absolute Gasteiger partial charge is 0.335 e. The normalized spacial score (nSPS) is 11.2. The zero-order valence-electron chi connectivity index (χ0n) is 17.9. The van der Waals surface area contributed by atoms with E-state index in [-0.39, 0.29) is 6.04 Å². The van der Waals surface area contributed by atoms with Crippen molar-refractivity contribution in [2.24, 2.45) is 0 Å². The lowest BCUT2D eigenvalue weighted by Gasteiger charge is -2.21. The number of hydrogen-bond acceptors (Lipinski definition) is 1. The molecule has 0 amide bonds. The number of nitrogens with zero attached hydrogens (tertiary/aromatic N) is 1. The molecule has 1 N–H and O–H groups in total. The molecule has 5 aromatic rings. The molecule has 0 atom stereocenters. The molecule has 0 saturated carbocycles. The minimum atomic E-state index is -0.907. The fraction of sp³-hybridized carbons (Fsp3) is 0.0690. The molecule has 4 aromatic carbocycles. The average Bonchev–Trinajstić information content (AvgIpc) is 3.18. The molecule has 4 heteroatoms. The predicted octanol–water partition coefficient (Wildman–Crippen LogP) is 7.33. The number of aromatic carboxylic acids is 1. The van der Waals surface area contributed by atoms with Crippen LogP contribution in [0.5, 0.6) is 0 Å². The molecular formula is C29H22BrNO2. The van der Waals surface area contributed by atoms with Gasteiger partial charge in [0.2, 0.25) is 0 Å². The van der Waals surface area contributed by atoms with Crippen LogP contribution in [-0.2, 0) is 6.42 Å². The van der Waals surface area contributed by atoms with Gasteiger partial charge in [-0.05, 0) is 59.0 Å². The molecule has 0 radical (unpaired) electrons. The number of fused-ring (bicyclic) bond motifs is 1. The summed E-state index contributed by atoms with van der Waals surface area (Å²) in [6.07, 6.45) is 2.96. The van der Waals surface area contributed by atoms with E-state index in [4.69, 9.17) is 0 Å². The van der Waals surface area contributed by atoms with Crippen molar-refractivity contribution in [3.05, 3.63) is 142 Å². The number of aromatic nitrogens is 1. The predicted molar refractivity (Wildman–Crippen MR) is 136 cm³/mol. The monoisotopic (exact) mass is 495 g/mol.